The van der Waals surface area contributed by atoms with Crippen molar-refractivity contribution in [1.29, 1.82) is 0 Å². The molecule has 1 heterocycles. The third-order valence-electron chi connectivity index (χ3n) is 10.4. The zero-order valence-electron chi connectivity index (χ0n) is 34.5. The Balaban J connectivity index is 1.11. The van der Waals surface area contributed by atoms with Crippen molar-refractivity contribution in [2.45, 2.75) is 75.9 Å². The molecule has 9 heteroatoms. The Morgan fingerprint density at radius 3 is 1.39 bits per heavy atom. The molecule has 0 aliphatic carbocycles. The van der Waals surface area contributed by atoms with Crippen LogP contribution in [0.5, 0.6) is 0 Å². The molecule has 61 heavy (non-hydrogen) atoms. The van der Waals surface area contributed by atoms with E-state index in [-0.39, 0.29) is 12.7 Å². The molecule has 0 radical (unpaired) electrons. The van der Waals surface area contributed by atoms with Crippen molar-refractivity contribution in [3.05, 3.63) is 215 Å². The fourth-order valence-electron chi connectivity index (χ4n) is 7.19. The van der Waals surface area contributed by atoms with E-state index in [1.807, 2.05) is 133 Å². The van der Waals surface area contributed by atoms with Gasteiger partial charge in [0, 0.05) is 13.1 Å². The fourth-order valence-corrected chi connectivity index (χ4v) is 8.36. The first-order valence-corrected chi connectivity index (χ1v) is 22.1. The molecular formula is C52H55NO7S. The quantitative estimate of drug-likeness (QED) is 0.0626. The number of carbonyl (C=O) groups excluding carboxylic acids is 1. The molecule has 1 aliphatic heterocycles. The lowest BCUT2D eigenvalue weighted by Crippen LogP contribution is -2.60. The highest BCUT2D eigenvalue weighted by Gasteiger charge is 2.48. The number of carbonyl (C=O) groups is 1. The SMILES string of the molecule is O=C(OCc1ccccc1)N(CCCS[C@H]1O[C@H](COCc2ccccc2)[C@H](OCc2ccccc2)[C@H](OCc2ccccc2)[C@H]1OCc1ccccc1)Cc1ccccc1. The molecule has 0 unspecified atom stereocenters. The normalized spacial score (nSPS) is 18.7. The Morgan fingerprint density at radius 2 is 0.902 bits per heavy atom. The summed E-state index contributed by atoms with van der Waals surface area (Å²) in [4.78, 5) is 15.4. The van der Waals surface area contributed by atoms with Gasteiger partial charge in [0.05, 0.1) is 33.0 Å². The smallest absolute Gasteiger partial charge is 0.410 e. The largest absolute Gasteiger partial charge is 0.445 e. The highest BCUT2D eigenvalue weighted by molar-refractivity contribution is 7.99. The molecule has 1 amide bonds. The van der Waals surface area contributed by atoms with Crippen LogP contribution >= 0.6 is 11.8 Å². The second-order valence-electron chi connectivity index (χ2n) is 15.0. The van der Waals surface area contributed by atoms with Crippen molar-refractivity contribution < 1.29 is 33.2 Å². The zero-order chi connectivity index (χ0) is 41.7. The summed E-state index contributed by atoms with van der Waals surface area (Å²) in [5.41, 5.74) is 5.78. The maximum Gasteiger partial charge on any atom is 0.410 e. The van der Waals surface area contributed by atoms with Gasteiger partial charge in [0.1, 0.15) is 36.5 Å². The molecule has 7 rings (SSSR count). The van der Waals surface area contributed by atoms with Gasteiger partial charge >= 0.3 is 6.09 Å². The Hall–Kier alpha value is -5.26. The lowest BCUT2D eigenvalue weighted by atomic mass is 9.98. The third-order valence-corrected chi connectivity index (χ3v) is 11.6. The summed E-state index contributed by atoms with van der Waals surface area (Å²) < 4.78 is 39.9. The van der Waals surface area contributed by atoms with Crippen LogP contribution < -0.4 is 0 Å². The molecule has 316 valence electrons. The van der Waals surface area contributed by atoms with Crippen molar-refractivity contribution >= 4 is 17.9 Å². The minimum absolute atomic E-state index is 0.210. The van der Waals surface area contributed by atoms with Crippen LogP contribution in [-0.2, 0) is 68.0 Å². The van der Waals surface area contributed by atoms with E-state index in [0.29, 0.717) is 58.3 Å². The van der Waals surface area contributed by atoms with E-state index < -0.39 is 29.9 Å². The molecule has 0 spiro atoms. The number of amides is 1. The molecule has 8 nitrogen and oxygen atoms in total. The zero-order valence-corrected chi connectivity index (χ0v) is 35.3. The summed E-state index contributed by atoms with van der Waals surface area (Å²) in [5.74, 6) is 0.686. The standard InChI is InChI=1S/C52H55NO7S/c54-52(59-39-46-30-17-6-18-31-46)53(34-41-20-7-1-8-21-41)32-19-33-61-51-50(58-38-45-28-15-5-16-29-45)49(57-37-44-26-13-4-14-27-44)48(56-36-43-24-11-3-12-25-43)47(60-51)40-55-35-42-22-9-2-10-23-42/h1-18,20-31,47-51H,19,32-40H2/t47-,48+,49+,50-,51-/m1/s1. The van der Waals surface area contributed by atoms with Gasteiger partial charge in [-0.25, -0.2) is 4.79 Å². The lowest BCUT2D eigenvalue weighted by Gasteiger charge is -2.46. The summed E-state index contributed by atoms with van der Waals surface area (Å²) >= 11 is 1.67. The Bertz CT molecular complexity index is 2100. The predicted octanol–water partition coefficient (Wildman–Crippen LogP) is 10.6. The summed E-state index contributed by atoms with van der Waals surface area (Å²) in [7, 11) is 0. The monoisotopic (exact) mass is 837 g/mol. The maximum atomic E-state index is 13.6. The lowest BCUT2D eigenvalue weighted by molar-refractivity contribution is -0.254. The second kappa shape index (κ2) is 24.3. The van der Waals surface area contributed by atoms with E-state index in [9.17, 15) is 4.79 Å². The van der Waals surface area contributed by atoms with Crippen LogP contribution in [0.3, 0.4) is 0 Å². The van der Waals surface area contributed by atoms with Crippen LogP contribution in [-0.4, -0.2) is 59.7 Å². The number of benzene rings is 6. The molecule has 0 bridgehead atoms. The second-order valence-corrected chi connectivity index (χ2v) is 16.2. The molecule has 0 aromatic heterocycles. The van der Waals surface area contributed by atoms with Crippen molar-refractivity contribution in [2.24, 2.45) is 0 Å². The first-order valence-electron chi connectivity index (χ1n) is 21.0. The summed E-state index contributed by atoms with van der Waals surface area (Å²) in [5, 5.41) is 0. The van der Waals surface area contributed by atoms with Gasteiger partial charge in [-0.05, 0) is 45.6 Å². The molecule has 0 N–H and O–H groups in total. The molecule has 1 aliphatic rings. The fraction of sp³-hybridized carbons (Fsp3) is 0.288. The summed E-state index contributed by atoms with van der Waals surface area (Å²) in [6.07, 6.45) is -1.65. The van der Waals surface area contributed by atoms with Crippen LogP contribution in [0.15, 0.2) is 182 Å². The van der Waals surface area contributed by atoms with Crippen LogP contribution in [0.25, 0.3) is 0 Å². The molecule has 6 aromatic rings. The van der Waals surface area contributed by atoms with Gasteiger partial charge in [0.2, 0.25) is 0 Å². The van der Waals surface area contributed by atoms with E-state index in [2.05, 4.69) is 48.5 Å². The van der Waals surface area contributed by atoms with E-state index in [0.717, 1.165) is 33.4 Å². The van der Waals surface area contributed by atoms with Gasteiger partial charge in [0.15, 0.2) is 0 Å². The van der Waals surface area contributed by atoms with Crippen LogP contribution in [0.4, 0.5) is 4.79 Å². The van der Waals surface area contributed by atoms with Gasteiger partial charge in [-0.15, -0.1) is 11.8 Å². The Labute approximate surface area is 364 Å². The highest BCUT2D eigenvalue weighted by Crippen LogP contribution is 2.36. The topological polar surface area (TPSA) is 75.7 Å². The van der Waals surface area contributed by atoms with E-state index >= 15 is 0 Å². The number of nitrogens with zero attached hydrogens (tertiary/aromatic N) is 1. The van der Waals surface area contributed by atoms with E-state index in [1.165, 1.54) is 0 Å². The highest BCUT2D eigenvalue weighted by atomic mass is 32.2. The van der Waals surface area contributed by atoms with Crippen molar-refractivity contribution in [2.75, 3.05) is 18.9 Å². The number of rotatable bonds is 22. The van der Waals surface area contributed by atoms with Crippen molar-refractivity contribution in [3.63, 3.8) is 0 Å². The van der Waals surface area contributed by atoms with Gasteiger partial charge in [-0.3, -0.25) is 0 Å². The third kappa shape index (κ3) is 14.1. The van der Waals surface area contributed by atoms with Crippen LogP contribution in [0.2, 0.25) is 0 Å². The van der Waals surface area contributed by atoms with Crippen LogP contribution in [0.1, 0.15) is 39.8 Å². The minimum Gasteiger partial charge on any atom is -0.445 e. The number of hydrogen-bond acceptors (Lipinski definition) is 8. The molecule has 1 saturated heterocycles. The van der Waals surface area contributed by atoms with Crippen LogP contribution in [0, 0.1) is 0 Å². The molecule has 1 fully saturated rings. The Morgan fingerprint density at radius 1 is 0.492 bits per heavy atom. The first kappa shape index (κ1) is 43.8. The van der Waals surface area contributed by atoms with Gasteiger partial charge in [-0.2, -0.15) is 0 Å². The molecule has 6 aromatic carbocycles. The molecule has 5 atom stereocenters. The molecule has 0 saturated carbocycles. The minimum atomic E-state index is -0.516. The average Bonchev–Trinajstić information content (AvgIpc) is 3.32. The number of hydrogen-bond donors (Lipinski definition) is 0. The maximum absolute atomic E-state index is 13.6. The van der Waals surface area contributed by atoms with Crippen molar-refractivity contribution in [1.82, 2.24) is 4.90 Å². The Kier molecular flexibility index (Phi) is 17.4. The van der Waals surface area contributed by atoms with Gasteiger partial charge < -0.3 is 33.3 Å². The summed E-state index contributed by atoms with van der Waals surface area (Å²) in [6.45, 7) is 2.99. The predicted molar refractivity (Wildman–Crippen MR) is 240 cm³/mol. The van der Waals surface area contributed by atoms with Crippen molar-refractivity contribution in [3.8, 4) is 0 Å². The molecular weight excluding hydrogens is 783 g/mol. The average molecular weight is 838 g/mol. The summed E-state index contributed by atoms with van der Waals surface area (Å²) in [6, 6.07) is 60.4. The van der Waals surface area contributed by atoms with E-state index in [4.69, 9.17) is 28.4 Å². The number of ether oxygens (including phenoxy) is 6. The number of thioether (sulfide) groups is 1. The van der Waals surface area contributed by atoms with E-state index in [1.54, 1.807) is 16.7 Å². The van der Waals surface area contributed by atoms with Gasteiger partial charge in [-0.1, -0.05) is 182 Å². The van der Waals surface area contributed by atoms with Gasteiger partial charge in [0.25, 0.3) is 0 Å². The first-order chi connectivity index (χ1) is 30.2.